The lowest BCUT2D eigenvalue weighted by Crippen LogP contribution is -2.30. The van der Waals surface area contributed by atoms with Crippen molar-refractivity contribution in [1.82, 2.24) is 0 Å². The predicted molar refractivity (Wildman–Crippen MR) is 284 cm³/mol. The van der Waals surface area contributed by atoms with E-state index in [2.05, 4.69) is 34.6 Å². The Morgan fingerprint density at radius 3 is 0.742 bits per heavy atom. The molecule has 1 atom stereocenters. The normalized spacial score (nSPS) is 12.0. The summed E-state index contributed by atoms with van der Waals surface area (Å²) in [5.41, 5.74) is 0. The van der Waals surface area contributed by atoms with Gasteiger partial charge in [-0.3, -0.25) is 14.4 Å². The Morgan fingerprint density at radius 2 is 0.500 bits per heavy atom. The number of rotatable bonds is 54. The third kappa shape index (κ3) is 53.4. The molecule has 6 nitrogen and oxygen atoms in total. The van der Waals surface area contributed by atoms with Crippen molar-refractivity contribution in [2.45, 2.75) is 343 Å². The van der Waals surface area contributed by atoms with E-state index in [0.29, 0.717) is 19.3 Å². The maximum atomic E-state index is 12.9. The summed E-state index contributed by atoms with van der Waals surface area (Å²) in [6.07, 6.45) is 56.7. The van der Waals surface area contributed by atoms with Crippen molar-refractivity contribution in [3.05, 3.63) is 0 Å². The van der Waals surface area contributed by atoms with Crippen LogP contribution in [-0.2, 0) is 28.6 Å². The lowest BCUT2D eigenvalue weighted by Gasteiger charge is -2.18. The number of hydrogen-bond acceptors (Lipinski definition) is 6. The zero-order valence-electron chi connectivity index (χ0n) is 45.3. The number of ether oxygens (including phenoxy) is 3. The second-order valence-electron chi connectivity index (χ2n) is 21.6. The highest BCUT2D eigenvalue weighted by molar-refractivity contribution is 5.71. The van der Waals surface area contributed by atoms with Crippen molar-refractivity contribution in [3.63, 3.8) is 0 Å². The lowest BCUT2D eigenvalue weighted by atomic mass is 10.0. The molecule has 0 aromatic rings. The Labute approximate surface area is 412 Å². The van der Waals surface area contributed by atoms with Crippen LogP contribution in [0.5, 0.6) is 0 Å². The zero-order chi connectivity index (χ0) is 48.2. The van der Waals surface area contributed by atoms with Crippen LogP contribution in [0.2, 0.25) is 0 Å². The van der Waals surface area contributed by atoms with Crippen LogP contribution in [0.25, 0.3) is 0 Å². The van der Waals surface area contributed by atoms with E-state index in [4.69, 9.17) is 14.2 Å². The van der Waals surface area contributed by atoms with E-state index in [-0.39, 0.29) is 31.1 Å². The van der Waals surface area contributed by atoms with Crippen LogP contribution < -0.4 is 0 Å². The topological polar surface area (TPSA) is 78.9 Å². The summed E-state index contributed by atoms with van der Waals surface area (Å²) >= 11 is 0. The number of carbonyl (C=O) groups excluding carboxylic acids is 3. The van der Waals surface area contributed by atoms with Gasteiger partial charge in [-0.15, -0.1) is 0 Å². The first-order chi connectivity index (χ1) is 32.2. The van der Waals surface area contributed by atoms with Gasteiger partial charge in [-0.1, -0.05) is 298 Å². The molecule has 0 aliphatic carbocycles. The lowest BCUT2D eigenvalue weighted by molar-refractivity contribution is -0.167. The molecule has 0 heterocycles. The molecular weight excluding hydrogens is 817 g/mol. The van der Waals surface area contributed by atoms with Gasteiger partial charge >= 0.3 is 17.9 Å². The molecule has 0 aliphatic heterocycles. The molecule has 0 aromatic carbocycles. The molecule has 0 unspecified atom stereocenters. The van der Waals surface area contributed by atoms with Crippen LogP contribution in [0, 0.1) is 11.8 Å². The van der Waals surface area contributed by atoms with Crippen molar-refractivity contribution in [3.8, 4) is 0 Å². The van der Waals surface area contributed by atoms with Gasteiger partial charge < -0.3 is 14.2 Å². The monoisotopic (exact) mass is 933 g/mol. The van der Waals surface area contributed by atoms with Crippen LogP contribution >= 0.6 is 0 Å². The Hall–Kier alpha value is -1.59. The molecule has 0 bridgehead atoms. The van der Waals surface area contributed by atoms with E-state index in [1.165, 1.54) is 225 Å². The van der Waals surface area contributed by atoms with Gasteiger partial charge in [0.25, 0.3) is 0 Å². The fraction of sp³-hybridized carbons (Fsp3) is 0.950. The van der Waals surface area contributed by atoms with Gasteiger partial charge in [0.2, 0.25) is 0 Å². The Morgan fingerprint density at radius 1 is 0.288 bits per heavy atom. The van der Waals surface area contributed by atoms with E-state index < -0.39 is 6.10 Å². The molecule has 0 fully saturated rings. The first-order valence-electron chi connectivity index (χ1n) is 29.7. The third-order valence-electron chi connectivity index (χ3n) is 13.7. The first kappa shape index (κ1) is 64.4. The second kappa shape index (κ2) is 52.8. The van der Waals surface area contributed by atoms with E-state index in [0.717, 1.165) is 69.6 Å². The van der Waals surface area contributed by atoms with Gasteiger partial charge in [0.05, 0.1) is 0 Å². The van der Waals surface area contributed by atoms with Crippen molar-refractivity contribution in [2.24, 2.45) is 11.8 Å². The highest BCUT2D eigenvalue weighted by Gasteiger charge is 2.19. The number of hydrogen-bond donors (Lipinski definition) is 0. The van der Waals surface area contributed by atoms with E-state index in [1.54, 1.807) is 0 Å². The Bertz CT molecular complexity index is 1010. The SMILES string of the molecule is CCCCCCCCCCCCCCCCCCCC(=O)OC[C@@H](COC(=O)CCCCCCCCCCCCCCCCC(C)C)OC(=O)CCCCCCCCCCCCCC(C)C. The van der Waals surface area contributed by atoms with Crippen molar-refractivity contribution >= 4 is 17.9 Å². The standard InChI is InChI=1S/C60H116O6/c1-6-7-8-9-10-11-12-13-14-15-16-20-25-30-35-40-45-50-58(61)64-53-57(66-60(63)52-47-42-37-32-27-22-24-29-34-39-44-49-56(4)5)54-65-59(62)51-46-41-36-31-26-21-18-17-19-23-28-33-38-43-48-55(2)3/h55-57H,6-54H2,1-5H3/t57-/m0/s1. The van der Waals surface area contributed by atoms with Crippen LogP contribution in [0.3, 0.4) is 0 Å². The van der Waals surface area contributed by atoms with E-state index >= 15 is 0 Å². The van der Waals surface area contributed by atoms with Gasteiger partial charge in [0.15, 0.2) is 6.10 Å². The van der Waals surface area contributed by atoms with Crippen molar-refractivity contribution in [1.29, 1.82) is 0 Å². The second-order valence-corrected chi connectivity index (χ2v) is 21.6. The minimum absolute atomic E-state index is 0.0625. The Kier molecular flexibility index (Phi) is 51.5. The highest BCUT2D eigenvalue weighted by atomic mass is 16.6. The fourth-order valence-electron chi connectivity index (χ4n) is 9.23. The van der Waals surface area contributed by atoms with Crippen LogP contribution in [0.15, 0.2) is 0 Å². The molecular formula is C60H116O6. The van der Waals surface area contributed by atoms with Gasteiger partial charge in [0, 0.05) is 19.3 Å². The van der Waals surface area contributed by atoms with Crippen LogP contribution in [-0.4, -0.2) is 37.2 Å². The number of esters is 3. The summed E-state index contributed by atoms with van der Waals surface area (Å²) < 4.78 is 16.9. The maximum absolute atomic E-state index is 12.9. The minimum atomic E-state index is -0.763. The average Bonchev–Trinajstić information content (AvgIpc) is 3.29. The molecule has 0 rings (SSSR count). The predicted octanol–water partition coefficient (Wildman–Crippen LogP) is 19.7. The summed E-state index contributed by atoms with van der Waals surface area (Å²) in [6.45, 7) is 11.4. The maximum Gasteiger partial charge on any atom is 0.306 e. The molecule has 66 heavy (non-hydrogen) atoms. The molecule has 0 aromatic heterocycles. The van der Waals surface area contributed by atoms with Gasteiger partial charge in [-0.05, 0) is 31.1 Å². The summed E-state index contributed by atoms with van der Waals surface area (Å²) in [6, 6.07) is 0. The highest BCUT2D eigenvalue weighted by Crippen LogP contribution is 2.18. The average molecular weight is 934 g/mol. The molecule has 0 N–H and O–H groups in total. The molecule has 0 saturated heterocycles. The van der Waals surface area contributed by atoms with E-state index in [9.17, 15) is 14.4 Å². The molecule has 6 heteroatoms. The zero-order valence-corrected chi connectivity index (χ0v) is 45.3. The first-order valence-corrected chi connectivity index (χ1v) is 29.7. The molecule has 0 amide bonds. The van der Waals surface area contributed by atoms with Gasteiger partial charge in [-0.2, -0.15) is 0 Å². The molecule has 0 aliphatic rings. The van der Waals surface area contributed by atoms with Gasteiger partial charge in [-0.25, -0.2) is 0 Å². The fourth-order valence-corrected chi connectivity index (χ4v) is 9.23. The molecule has 0 saturated carbocycles. The number of carbonyl (C=O) groups is 3. The summed E-state index contributed by atoms with van der Waals surface area (Å²) in [7, 11) is 0. The molecule has 0 radical (unpaired) electrons. The van der Waals surface area contributed by atoms with Crippen molar-refractivity contribution in [2.75, 3.05) is 13.2 Å². The van der Waals surface area contributed by atoms with Crippen LogP contribution in [0.4, 0.5) is 0 Å². The molecule has 0 spiro atoms. The minimum Gasteiger partial charge on any atom is -0.462 e. The summed E-state index contributed by atoms with van der Waals surface area (Å²) in [4.78, 5) is 38.2. The molecule has 392 valence electrons. The van der Waals surface area contributed by atoms with Crippen LogP contribution in [0.1, 0.15) is 336 Å². The van der Waals surface area contributed by atoms with E-state index in [1.807, 2.05) is 0 Å². The van der Waals surface area contributed by atoms with Gasteiger partial charge in [0.1, 0.15) is 13.2 Å². The Balaban J connectivity index is 4.29. The van der Waals surface area contributed by atoms with Crippen molar-refractivity contribution < 1.29 is 28.6 Å². The smallest absolute Gasteiger partial charge is 0.306 e. The number of unbranched alkanes of at least 4 members (excludes halogenated alkanes) is 39. The summed E-state index contributed by atoms with van der Waals surface area (Å²) in [5.74, 6) is 0.832. The quantitative estimate of drug-likeness (QED) is 0.0343. The summed E-state index contributed by atoms with van der Waals surface area (Å²) in [5, 5.41) is 0. The third-order valence-corrected chi connectivity index (χ3v) is 13.7. The largest absolute Gasteiger partial charge is 0.462 e.